The van der Waals surface area contributed by atoms with E-state index < -0.39 is 0 Å². The molecule has 2 aliphatic heterocycles. The van der Waals surface area contributed by atoms with Crippen molar-refractivity contribution in [2.75, 3.05) is 19.0 Å². The molecule has 2 aliphatic rings. The first kappa shape index (κ1) is 12.5. The maximum Gasteiger partial charge on any atom is 0.157 e. The van der Waals surface area contributed by atoms with Crippen molar-refractivity contribution in [3.63, 3.8) is 0 Å². The zero-order valence-electron chi connectivity index (χ0n) is 10.6. The number of nitrogens with one attached hydrogen (secondary N) is 1. The van der Waals surface area contributed by atoms with E-state index in [0.717, 1.165) is 43.5 Å². The van der Waals surface area contributed by atoms with E-state index in [1.165, 1.54) is 9.75 Å². The molecule has 18 heavy (non-hydrogen) atoms. The SMILES string of the molecule is Cc1ccc(CN=C2NC3(CCOCC3)CS2)s1. The minimum Gasteiger partial charge on any atom is -0.381 e. The molecule has 0 aromatic carbocycles. The molecule has 0 unspecified atom stereocenters. The predicted molar refractivity (Wildman–Crippen MR) is 78.6 cm³/mol. The van der Waals surface area contributed by atoms with Crippen molar-refractivity contribution in [1.82, 2.24) is 5.32 Å². The van der Waals surface area contributed by atoms with Crippen LogP contribution in [0.15, 0.2) is 17.1 Å². The van der Waals surface area contributed by atoms with E-state index in [4.69, 9.17) is 9.73 Å². The van der Waals surface area contributed by atoms with E-state index in [1.54, 1.807) is 0 Å². The molecule has 5 heteroatoms. The Hall–Kier alpha value is -0.520. The molecule has 1 aromatic rings. The Labute approximate surface area is 116 Å². The molecular weight excluding hydrogens is 264 g/mol. The van der Waals surface area contributed by atoms with E-state index in [9.17, 15) is 0 Å². The molecular formula is C13H18N2OS2. The lowest BCUT2D eigenvalue weighted by Gasteiger charge is -2.32. The molecule has 3 heterocycles. The van der Waals surface area contributed by atoms with Crippen LogP contribution in [0.25, 0.3) is 0 Å². The van der Waals surface area contributed by atoms with Gasteiger partial charge in [0.2, 0.25) is 0 Å². The summed E-state index contributed by atoms with van der Waals surface area (Å²) < 4.78 is 5.44. The van der Waals surface area contributed by atoms with E-state index in [-0.39, 0.29) is 5.54 Å². The van der Waals surface area contributed by atoms with Gasteiger partial charge in [-0.15, -0.1) is 11.3 Å². The number of thioether (sulfide) groups is 1. The molecule has 2 fully saturated rings. The Morgan fingerprint density at radius 1 is 1.39 bits per heavy atom. The largest absolute Gasteiger partial charge is 0.381 e. The maximum atomic E-state index is 5.44. The van der Waals surface area contributed by atoms with Gasteiger partial charge < -0.3 is 10.1 Å². The third-order valence-corrected chi connectivity index (χ3v) is 5.67. The molecule has 0 saturated carbocycles. The number of thiophene rings is 1. The summed E-state index contributed by atoms with van der Waals surface area (Å²) in [5, 5.41) is 4.73. The highest BCUT2D eigenvalue weighted by molar-refractivity contribution is 8.14. The van der Waals surface area contributed by atoms with Gasteiger partial charge in [-0.1, -0.05) is 11.8 Å². The minimum atomic E-state index is 0.257. The van der Waals surface area contributed by atoms with Gasteiger partial charge in [-0.2, -0.15) is 0 Å². The van der Waals surface area contributed by atoms with Gasteiger partial charge in [0.1, 0.15) is 0 Å². The summed E-state index contributed by atoms with van der Waals surface area (Å²) in [4.78, 5) is 7.40. The van der Waals surface area contributed by atoms with Crippen LogP contribution in [-0.2, 0) is 11.3 Å². The zero-order chi connectivity index (χ0) is 12.4. The van der Waals surface area contributed by atoms with Gasteiger partial charge in [-0.25, -0.2) is 0 Å². The molecule has 1 N–H and O–H groups in total. The Balaban J connectivity index is 1.61. The minimum absolute atomic E-state index is 0.257. The molecule has 3 rings (SSSR count). The first-order valence-corrected chi connectivity index (χ1v) is 8.15. The molecule has 0 radical (unpaired) electrons. The van der Waals surface area contributed by atoms with Gasteiger partial charge in [0.05, 0.1) is 12.1 Å². The second-order valence-corrected chi connectivity index (χ2v) is 7.28. The van der Waals surface area contributed by atoms with Crippen LogP contribution < -0.4 is 5.32 Å². The fraction of sp³-hybridized carbons (Fsp3) is 0.615. The Morgan fingerprint density at radius 2 is 2.22 bits per heavy atom. The van der Waals surface area contributed by atoms with E-state index in [2.05, 4.69) is 24.4 Å². The van der Waals surface area contributed by atoms with E-state index in [0.29, 0.717) is 0 Å². The molecule has 98 valence electrons. The first-order valence-electron chi connectivity index (χ1n) is 6.34. The molecule has 3 nitrogen and oxygen atoms in total. The number of aliphatic imine (C=N–C) groups is 1. The lowest BCUT2D eigenvalue weighted by Crippen LogP contribution is -2.48. The lowest BCUT2D eigenvalue weighted by atomic mass is 9.93. The van der Waals surface area contributed by atoms with Crippen molar-refractivity contribution >= 4 is 28.3 Å². The maximum absolute atomic E-state index is 5.44. The molecule has 1 aromatic heterocycles. The Morgan fingerprint density at radius 3 is 2.94 bits per heavy atom. The topological polar surface area (TPSA) is 33.6 Å². The number of rotatable bonds is 2. The van der Waals surface area contributed by atoms with Crippen LogP contribution in [0.3, 0.4) is 0 Å². The lowest BCUT2D eigenvalue weighted by molar-refractivity contribution is 0.0555. The van der Waals surface area contributed by atoms with Crippen molar-refractivity contribution in [3.05, 3.63) is 21.9 Å². The van der Waals surface area contributed by atoms with Gasteiger partial charge in [0.15, 0.2) is 5.17 Å². The Kier molecular flexibility index (Phi) is 3.63. The van der Waals surface area contributed by atoms with Crippen LogP contribution in [0.2, 0.25) is 0 Å². The summed E-state index contributed by atoms with van der Waals surface area (Å²) in [5.74, 6) is 1.14. The summed E-state index contributed by atoms with van der Waals surface area (Å²) in [6.45, 7) is 4.71. The van der Waals surface area contributed by atoms with Crippen LogP contribution in [-0.4, -0.2) is 29.7 Å². The van der Waals surface area contributed by atoms with E-state index in [1.807, 2.05) is 23.1 Å². The van der Waals surface area contributed by atoms with Gasteiger partial charge in [-0.3, -0.25) is 4.99 Å². The monoisotopic (exact) mass is 282 g/mol. The van der Waals surface area contributed by atoms with E-state index >= 15 is 0 Å². The molecule has 0 aliphatic carbocycles. The van der Waals surface area contributed by atoms with Crippen LogP contribution in [0.1, 0.15) is 22.6 Å². The van der Waals surface area contributed by atoms with Crippen molar-refractivity contribution in [1.29, 1.82) is 0 Å². The molecule has 0 atom stereocenters. The molecule has 1 spiro atoms. The van der Waals surface area contributed by atoms with Crippen LogP contribution >= 0.6 is 23.1 Å². The summed E-state index contributed by atoms with van der Waals surface area (Å²) in [6.07, 6.45) is 2.22. The fourth-order valence-electron chi connectivity index (χ4n) is 2.34. The highest BCUT2D eigenvalue weighted by Gasteiger charge is 2.38. The molecule has 2 saturated heterocycles. The number of hydrogen-bond donors (Lipinski definition) is 1. The average Bonchev–Trinajstić information content (AvgIpc) is 2.96. The van der Waals surface area contributed by atoms with Gasteiger partial charge in [-0.05, 0) is 31.9 Å². The van der Waals surface area contributed by atoms with Crippen LogP contribution in [0.4, 0.5) is 0 Å². The summed E-state index contributed by atoms with van der Waals surface area (Å²) in [6, 6.07) is 4.34. The third kappa shape index (κ3) is 2.73. The predicted octanol–water partition coefficient (Wildman–Crippen LogP) is 2.80. The van der Waals surface area contributed by atoms with Gasteiger partial charge >= 0.3 is 0 Å². The van der Waals surface area contributed by atoms with Gasteiger partial charge in [0, 0.05) is 28.7 Å². The third-order valence-electron chi connectivity index (χ3n) is 3.48. The van der Waals surface area contributed by atoms with Crippen molar-refractivity contribution < 1.29 is 4.74 Å². The van der Waals surface area contributed by atoms with Crippen molar-refractivity contribution in [2.24, 2.45) is 4.99 Å². The number of amidine groups is 1. The summed E-state index contributed by atoms with van der Waals surface area (Å²) in [5.41, 5.74) is 0.257. The average molecular weight is 282 g/mol. The first-order chi connectivity index (χ1) is 8.76. The summed E-state index contributed by atoms with van der Waals surface area (Å²) in [7, 11) is 0. The quantitative estimate of drug-likeness (QED) is 0.905. The van der Waals surface area contributed by atoms with Crippen molar-refractivity contribution in [2.45, 2.75) is 31.8 Å². The zero-order valence-corrected chi connectivity index (χ0v) is 12.2. The van der Waals surface area contributed by atoms with Crippen molar-refractivity contribution in [3.8, 4) is 0 Å². The second kappa shape index (κ2) is 5.23. The number of ether oxygens (including phenoxy) is 1. The van der Waals surface area contributed by atoms with Crippen LogP contribution in [0, 0.1) is 6.92 Å². The second-order valence-electron chi connectivity index (χ2n) is 4.94. The highest BCUT2D eigenvalue weighted by atomic mass is 32.2. The normalized spacial score (nSPS) is 24.6. The Bertz CT molecular complexity index is 450. The summed E-state index contributed by atoms with van der Waals surface area (Å²) >= 11 is 3.70. The fourth-order valence-corrected chi connectivity index (χ4v) is 4.38. The number of nitrogens with zero attached hydrogens (tertiary/aromatic N) is 1. The van der Waals surface area contributed by atoms with Crippen LogP contribution in [0.5, 0.6) is 0 Å². The molecule has 0 bridgehead atoms. The number of aryl methyl sites for hydroxylation is 1. The molecule has 0 amide bonds. The highest BCUT2D eigenvalue weighted by Crippen LogP contribution is 2.32. The number of hydrogen-bond acceptors (Lipinski definition) is 4. The standard InChI is InChI=1S/C13H18N2OS2/c1-10-2-3-11(18-10)8-14-12-15-13(9-17-12)4-6-16-7-5-13/h2-3H,4-9H2,1H3,(H,14,15). The smallest absolute Gasteiger partial charge is 0.157 e. The van der Waals surface area contributed by atoms with Gasteiger partial charge in [0.25, 0.3) is 0 Å².